The maximum Gasteiger partial charge on any atom is 0.124 e. The zero-order chi connectivity index (χ0) is 9.47. The molecule has 0 saturated carbocycles. The maximum absolute atomic E-state index is 6.41. The highest BCUT2D eigenvalue weighted by Gasteiger charge is 2.37. The Kier molecular flexibility index (Phi) is 2.45. The Morgan fingerprint density at radius 1 is 1.62 bits per heavy atom. The molecular weight excluding hydrogens is 298 g/mol. The van der Waals surface area contributed by atoms with Crippen LogP contribution in [0, 0.1) is 6.92 Å². The molecule has 1 aromatic carbocycles. The van der Waals surface area contributed by atoms with Crippen molar-refractivity contribution in [3.05, 3.63) is 29.3 Å². The van der Waals surface area contributed by atoms with Crippen LogP contribution < -0.4 is 4.74 Å². The fraction of sp³-hybridized carbons (Fsp3) is 0.400. The molecule has 1 aliphatic heterocycles. The van der Waals surface area contributed by atoms with E-state index in [4.69, 9.17) is 16.3 Å². The summed E-state index contributed by atoms with van der Waals surface area (Å²) in [6.07, 6.45) is 0. The van der Waals surface area contributed by atoms with Crippen LogP contribution in [0.3, 0.4) is 0 Å². The molecule has 13 heavy (non-hydrogen) atoms. The zero-order valence-corrected chi connectivity index (χ0v) is 10.2. The molecule has 1 nitrogen and oxygen atoms in total. The van der Waals surface area contributed by atoms with Crippen LogP contribution in [-0.4, -0.2) is 11.0 Å². The van der Waals surface area contributed by atoms with E-state index in [0.717, 1.165) is 15.7 Å². The quantitative estimate of drug-likeness (QED) is 0.571. The summed E-state index contributed by atoms with van der Waals surface area (Å²) in [5, 5.41) is 0. The lowest BCUT2D eigenvalue weighted by atomic mass is 10.0. The molecule has 2 rings (SSSR count). The van der Waals surface area contributed by atoms with E-state index in [0.29, 0.717) is 6.61 Å². The summed E-state index contributed by atoms with van der Waals surface area (Å²) in [7, 11) is 0. The molecule has 0 saturated heterocycles. The molecule has 0 spiro atoms. The van der Waals surface area contributed by atoms with Gasteiger partial charge in [-0.2, -0.15) is 0 Å². The third-order valence-electron chi connectivity index (χ3n) is 2.29. The second-order valence-electron chi connectivity index (χ2n) is 3.39. The van der Waals surface area contributed by atoms with Gasteiger partial charge < -0.3 is 4.74 Å². The molecule has 0 radical (unpaired) electrons. The van der Waals surface area contributed by atoms with Crippen molar-refractivity contribution in [3.63, 3.8) is 0 Å². The first-order valence-corrected chi connectivity index (χ1v) is 6.05. The van der Waals surface area contributed by atoms with Gasteiger partial charge in [0.15, 0.2) is 0 Å². The Balaban J connectivity index is 2.49. The van der Waals surface area contributed by atoms with Gasteiger partial charge in [0.2, 0.25) is 0 Å². The average molecular weight is 309 g/mol. The molecule has 3 heteroatoms. The summed E-state index contributed by atoms with van der Waals surface area (Å²) in [4.78, 5) is -0.302. The highest BCUT2D eigenvalue weighted by atomic mass is 127. The fourth-order valence-electron chi connectivity index (χ4n) is 1.50. The van der Waals surface area contributed by atoms with Gasteiger partial charge in [0.1, 0.15) is 17.2 Å². The Labute approximate surface area is 96.6 Å². The summed E-state index contributed by atoms with van der Waals surface area (Å²) in [5.41, 5.74) is 2.35. The number of benzene rings is 1. The van der Waals surface area contributed by atoms with Crippen molar-refractivity contribution in [1.82, 2.24) is 0 Å². The lowest BCUT2D eigenvalue weighted by Crippen LogP contribution is -2.21. The number of ether oxygens (including phenoxy) is 1. The Bertz CT molecular complexity index is 340. The molecule has 0 amide bonds. The minimum Gasteiger partial charge on any atom is -0.491 e. The second-order valence-corrected chi connectivity index (χ2v) is 4.87. The highest BCUT2D eigenvalue weighted by Crippen LogP contribution is 2.43. The van der Waals surface area contributed by atoms with Gasteiger partial charge in [0.25, 0.3) is 0 Å². The Hall–Kier alpha value is 0.0400. The van der Waals surface area contributed by atoms with Gasteiger partial charge in [0, 0.05) is 9.99 Å². The number of rotatable bonds is 1. The van der Waals surface area contributed by atoms with Crippen molar-refractivity contribution < 1.29 is 4.74 Å². The summed E-state index contributed by atoms with van der Waals surface area (Å²) in [6.45, 7) is 2.65. The van der Waals surface area contributed by atoms with Gasteiger partial charge in [0.05, 0.1) is 0 Å². The van der Waals surface area contributed by atoms with Crippen LogP contribution in [0.1, 0.15) is 11.1 Å². The molecule has 0 bridgehead atoms. The summed E-state index contributed by atoms with van der Waals surface area (Å²) >= 11 is 8.71. The third-order valence-corrected chi connectivity index (χ3v) is 4.49. The van der Waals surface area contributed by atoms with Crippen LogP contribution in [-0.2, 0) is 4.87 Å². The van der Waals surface area contributed by atoms with Crippen molar-refractivity contribution in [2.24, 2.45) is 0 Å². The van der Waals surface area contributed by atoms with Crippen LogP contribution in [0.25, 0.3) is 0 Å². The molecule has 0 fully saturated rings. The van der Waals surface area contributed by atoms with Gasteiger partial charge in [-0.25, -0.2) is 0 Å². The monoisotopic (exact) mass is 308 g/mol. The van der Waals surface area contributed by atoms with E-state index in [2.05, 4.69) is 41.6 Å². The lowest BCUT2D eigenvalue weighted by molar-refractivity contribution is 0.325. The molecule has 1 heterocycles. The summed E-state index contributed by atoms with van der Waals surface area (Å²) < 4.78 is 6.43. The van der Waals surface area contributed by atoms with E-state index in [1.165, 1.54) is 5.56 Å². The van der Waals surface area contributed by atoms with E-state index >= 15 is 0 Å². The average Bonchev–Trinajstić information content (AvgIpc) is 2.45. The van der Waals surface area contributed by atoms with E-state index in [1.807, 2.05) is 6.07 Å². The molecule has 1 unspecified atom stereocenters. The van der Waals surface area contributed by atoms with E-state index in [-0.39, 0.29) is 4.87 Å². The van der Waals surface area contributed by atoms with Crippen LogP contribution >= 0.6 is 34.2 Å². The third kappa shape index (κ3) is 1.54. The summed E-state index contributed by atoms with van der Waals surface area (Å²) in [5.74, 6) is 0.951. The van der Waals surface area contributed by atoms with E-state index in [9.17, 15) is 0 Å². The van der Waals surface area contributed by atoms with E-state index < -0.39 is 0 Å². The first-order chi connectivity index (χ1) is 6.15. The van der Waals surface area contributed by atoms with Crippen molar-refractivity contribution in [2.45, 2.75) is 11.8 Å². The largest absolute Gasteiger partial charge is 0.491 e. The minimum atomic E-state index is -0.302. The van der Waals surface area contributed by atoms with Crippen LogP contribution in [0.2, 0.25) is 0 Å². The first kappa shape index (κ1) is 9.59. The number of fused-ring (bicyclic) bond motifs is 1. The predicted octanol–water partition coefficient (Wildman–Crippen LogP) is 3.26. The predicted molar refractivity (Wildman–Crippen MR) is 63.1 cm³/mol. The van der Waals surface area contributed by atoms with E-state index in [1.54, 1.807) is 0 Å². The second kappa shape index (κ2) is 3.31. The highest BCUT2D eigenvalue weighted by molar-refractivity contribution is 14.1. The normalized spacial score (nSPS) is 25.5. The molecule has 1 aromatic rings. The molecule has 0 N–H and O–H groups in total. The van der Waals surface area contributed by atoms with Crippen molar-refractivity contribution in [1.29, 1.82) is 0 Å². The Morgan fingerprint density at radius 2 is 2.38 bits per heavy atom. The zero-order valence-electron chi connectivity index (χ0n) is 7.31. The number of hydrogen-bond donors (Lipinski definition) is 0. The lowest BCUT2D eigenvalue weighted by Gasteiger charge is -2.15. The van der Waals surface area contributed by atoms with Crippen molar-refractivity contribution in [2.75, 3.05) is 11.0 Å². The van der Waals surface area contributed by atoms with Gasteiger partial charge in [-0.1, -0.05) is 34.7 Å². The SMILES string of the molecule is Cc1ccc2c(c1)OCC2(Cl)CI. The van der Waals surface area contributed by atoms with Gasteiger partial charge in [-0.15, -0.1) is 11.6 Å². The standard InChI is InChI=1S/C10H10ClIO/c1-7-2-3-8-9(4-7)13-6-10(8,11)5-12/h2-4H,5-6H2,1H3. The number of halogens is 2. The fourth-order valence-corrected chi connectivity index (χ4v) is 2.34. The molecule has 1 atom stereocenters. The number of hydrogen-bond acceptors (Lipinski definition) is 1. The smallest absolute Gasteiger partial charge is 0.124 e. The van der Waals surface area contributed by atoms with Gasteiger partial charge in [-0.3, -0.25) is 0 Å². The van der Waals surface area contributed by atoms with Crippen LogP contribution in [0.5, 0.6) is 5.75 Å². The first-order valence-electron chi connectivity index (χ1n) is 4.14. The topological polar surface area (TPSA) is 9.23 Å². The summed E-state index contributed by atoms with van der Waals surface area (Å²) in [6, 6.07) is 6.20. The van der Waals surface area contributed by atoms with Crippen molar-refractivity contribution >= 4 is 34.2 Å². The molecule has 0 aliphatic carbocycles. The minimum absolute atomic E-state index is 0.302. The molecule has 70 valence electrons. The van der Waals surface area contributed by atoms with Gasteiger partial charge in [-0.05, 0) is 18.6 Å². The molecular formula is C10H10ClIO. The number of alkyl halides is 2. The van der Waals surface area contributed by atoms with Crippen LogP contribution in [0.15, 0.2) is 18.2 Å². The number of aryl methyl sites for hydroxylation is 1. The van der Waals surface area contributed by atoms with Gasteiger partial charge >= 0.3 is 0 Å². The Morgan fingerprint density at radius 3 is 3.08 bits per heavy atom. The maximum atomic E-state index is 6.41. The van der Waals surface area contributed by atoms with Crippen molar-refractivity contribution in [3.8, 4) is 5.75 Å². The molecule has 1 aliphatic rings. The molecule has 0 aromatic heterocycles. The van der Waals surface area contributed by atoms with Crippen LogP contribution in [0.4, 0.5) is 0 Å².